The van der Waals surface area contributed by atoms with Crippen LogP contribution in [0.1, 0.15) is 15.5 Å². The van der Waals surface area contributed by atoms with Gasteiger partial charge in [-0.2, -0.15) is 0 Å². The first-order valence-electron chi connectivity index (χ1n) is 7.87. The number of thiazole rings is 2. The molecule has 0 aliphatic heterocycles. The fourth-order valence-corrected chi connectivity index (χ4v) is 4.00. The number of rotatable bonds is 5. The number of para-hydroxylation sites is 1. The van der Waals surface area contributed by atoms with Crippen LogP contribution in [0.25, 0.3) is 27.6 Å². The minimum atomic E-state index is -0.537. The van der Waals surface area contributed by atoms with Gasteiger partial charge >= 0.3 is 0 Å². The number of nitrogens with one attached hydrogen (secondary N) is 2. The van der Waals surface area contributed by atoms with Gasteiger partial charge in [0.1, 0.15) is 10.7 Å². The number of fused-ring (bicyclic) bond motifs is 1. The molecule has 0 unspecified atom stereocenters. The van der Waals surface area contributed by atoms with Crippen molar-refractivity contribution in [3.63, 3.8) is 0 Å². The summed E-state index contributed by atoms with van der Waals surface area (Å²) in [5.74, 6) is -0.827. The van der Waals surface area contributed by atoms with Crippen molar-refractivity contribution in [3.05, 3.63) is 58.7 Å². The van der Waals surface area contributed by atoms with Crippen LogP contribution in [0.15, 0.2) is 48.0 Å². The van der Waals surface area contributed by atoms with Gasteiger partial charge in [-0.25, -0.2) is 9.97 Å². The highest BCUT2D eigenvalue weighted by Gasteiger charge is 2.10. The highest BCUT2D eigenvalue weighted by Crippen LogP contribution is 2.26. The first kappa shape index (κ1) is 17.1. The quantitative estimate of drug-likeness (QED) is 0.449. The van der Waals surface area contributed by atoms with E-state index in [2.05, 4.69) is 20.3 Å². The largest absolute Gasteiger partial charge is 0.364 e. The summed E-state index contributed by atoms with van der Waals surface area (Å²) < 4.78 is 1.07. The lowest BCUT2D eigenvalue weighted by atomic mass is 10.2. The van der Waals surface area contributed by atoms with Crippen molar-refractivity contribution in [2.45, 2.75) is 0 Å². The summed E-state index contributed by atoms with van der Waals surface area (Å²) in [7, 11) is 0. The van der Waals surface area contributed by atoms with E-state index in [1.165, 1.54) is 28.7 Å². The topological polar surface area (TPSA) is 114 Å². The van der Waals surface area contributed by atoms with Crippen LogP contribution in [0.3, 0.4) is 0 Å². The third kappa shape index (κ3) is 3.78. The van der Waals surface area contributed by atoms with Gasteiger partial charge in [0.05, 0.1) is 15.9 Å². The van der Waals surface area contributed by atoms with Gasteiger partial charge in [-0.1, -0.05) is 12.1 Å². The Balaban J connectivity index is 1.43. The molecular formula is C18H13N5O2S2. The van der Waals surface area contributed by atoms with E-state index in [9.17, 15) is 9.59 Å². The maximum Gasteiger partial charge on any atom is 0.265 e. The van der Waals surface area contributed by atoms with Crippen molar-refractivity contribution in [1.29, 1.82) is 0 Å². The van der Waals surface area contributed by atoms with Crippen LogP contribution in [-0.2, 0) is 4.79 Å². The van der Waals surface area contributed by atoms with E-state index < -0.39 is 5.91 Å². The number of carbonyl (C=O) groups is 2. The molecule has 4 rings (SSSR count). The Hall–Kier alpha value is -3.30. The maximum atomic E-state index is 12.1. The second-order valence-corrected chi connectivity index (χ2v) is 7.47. The number of nitrogens with zero attached hydrogens (tertiary/aromatic N) is 2. The Morgan fingerprint density at radius 3 is 2.85 bits per heavy atom. The molecule has 0 spiro atoms. The lowest BCUT2D eigenvalue weighted by Crippen LogP contribution is -2.10. The molecule has 0 saturated heterocycles. The Morgan fingerprint density at radius 2 is 2.07 bits per heavy atom. The van der Waals surface area contributed by atoms with Crippen molar-refractivity contribution in [2.24, 2.45) is 5.73 Å². The molecule has 0 fully saturated rings. The van der Waals surface area contributed by atoms with Crippen LogP contribution in [-0.4, -0.2) is 26.8 Å². The van der Waals surface area contributed by atoms with Gasteiger partial charge in [-0.15, -0.1) is 22.7 Å². The van der Waals surface area contributed by atoms with Crippen molar-refractivity contribution < 1.29 is 9.59 Å². The molecule has 9 heteroatoms. The lowest BCUT2D eigenvalue weighted by Gasteiger charge is -1.95. The Kier molecular flexibility index (Phi) is 4.53. The zero-order chi connectivity index (χ0) is 18.8. The highest BCUT2D eigenvalue weighted by molar-refractivity contribution is 7.19. The van der Waals surface area contributed by atoms with E-state index in [1.807, 2.05) is 24.3 Å². The number of aromatic amines is 1. The van der Waals surface area contributed by atoms with E-state index in [0.29, 0.717) is 16.5 Å². The molecule has 4 aromatic rings. The predicted molar refractivity (Wildman–Crippen MR) is 108 cm³/mol. The van der Waals surface area contributed by atoms with Crippen LogP contribution in [0, 0.1) is 0 Å². The SMILES string of the molecule is NC(=O)c1cc(-c2csc(NC(=O)/C=C/c3nc4ccccc4s3)n2)c[nH]1. The van der Waals surface area contributed by atoms with Gasteiger partial charge in [-0.05, 0) is 24.3 Å². The Labute approximate surface area is 161 Å². The van der Waals surface area contributed by atoms with E-state index in [4.69, 9.17) is 5.73 Å². The van der Waals surface area contributed by atoms with Crippen LogP contribution >= 0.6 is 22.7 Å². The van der Waals surface area contributed by atoms with Crippen molar-refractivity contribution in [2.75, 3.05) is 5.32 Å². The number of aromatic nitrogens is 3. The molecule has 0 aliphatic carbocycles. The Morgan fingerprint density at radius 1 is 1.22 bits per heavy atom. The molecule has 2 amide bonds. The number of carbonyl (C=O) groups excluding carboxylic acids is 2. The van der Waals surface area contributed by atoms with Gasteiger partial charge in [0.25, 0.3) is 5.91 Å². The van der Waals surface area contributed by atoms with Crippen molar-refractivity contribution >= 4 is 55.9 Å². The average Bonchev–Trinajstić information content (AvgIpc) is 3.38. The van der Waals surface area contributed by atoms with Gasteiger partial charge < -0.3 is 10.7 Å². The third-order valence-corrected chi connectivity index (χ3v) is 5.43. The van der Waals surface area contributed by atoms with E-state index in [-0.39, 0.29) is 5.91 Å². The van der Waals surface area contributed by atoms with Gasteiger partial charge in [0, 0.05) is 23.2 Å². The molecule has 7 nitrogen and oxygen atoms in total. The zero-order valence-electron chi connectivity index (χ0n) is 13.8. The van der Waals surface area contributed by atoms with E-state index >= 15 is 0 Å². The number of anilines is 1. The molecule has 0 radical (unpaired) electrons. The van der Waals surface area contributed by atoms with Crippen molar-refractivity contribution in [3.8, 4) is 11.3 Å². The van der Waals surface area contributed by atoms with E-state index in [1.54, 1.807) is 23.7 Å². The molecule has 27 heavy (non-hydrogen) atoms. The predicted octanol–water partition coefficient (Wildman–Crippen LogP) is 3.50. The number of amides is 2. The minimum absolute atomic E-state index is 0.290. The molecule has 4 N–H and O–H groups in total. The number of hydrogen-bond donors (Lipinski definition) is 3. The standard InChI is InChI=1S/C18H13N5O2S2/c19-17(25)12-7-10(8-20-12)13-9-26-18(22-13)23-15(24)5-6-16-21-11-3-1-2-4-14(11)27-16/h1-9,20H,(H2,19,25)(H,22,23,24)/b6-5+. The van der Waals surface area contributed by atoms with Gasteiger partial charge in [0.2, 0.25) is 5.91 Å². The van der Waals surface area contributed by atoms with Crippen LogP contribution < -0.4 is 11.1 Å². The molecular weight excluding hydrogens is 382 g/mol. The molecule has 0 bridgehead atoms. The average molecular weight is 395 g/mol. The van der Waals surface area contributed by atoms with Crippen LogP contribution in [0.2, 0.25) is 0 Å². The first-order chi connectivity index (χ1) is 13.1. The molecule has 3 aromatic heterocycles. The molecule has 134 valence electrons. The summed E-state index contributed by atoms with van der Waals surface area (Å²) >= 11 is 2.82. The highest BCUT2D eigenvalue weighted by atomic mass is 32.1. The lowest BCUT2D eigenvalue weighted by molar-refractivity contribution is -0.111. The number of nitrogens with two attached hydrogens (primary N) is 1. The Bertz CT molecular complexity index is 1140. The number of benzene rings is 1. The summed E-state index contributed by atoms with van der Waals surface area (Å²) in [5, 5.41) is 5.74. The fourth-order valence-electron chi connectivity index (χ4n) is 2.40. The second kappa shape index (κ2) is 7.14. The van der Waals surface area contributed by atoms with Crippen LogP contribution in [0.4, 0.5) is 5.13 Å². The summed E-state index contributed by atoms with van der Waals surface area (Å²) in [5.41, 5.74) is 7.82. The van der Waals surface area contributed by atoms with Crippen molar-refractivity contribution in [1.82, 2.24) is 15.0 Å². The third-order valence-electron chi connectivity index (χ3n) is 3.67. The summed E-state index contributed by atoms with van der Waals surface area (Å²) in [6.07, 6.45) is 4.76. The second-order valence-electron chi connectivity index (χ2n) is 5.55. The maximum absolute atomic E-state index is 12.1. The monoisotopic (exact) mass is 395 g/mol. The van der Waals surface area contributed by atoms with E-state index in [0.717, 1.165) is 20.8 Å². The zero-order valence-corrected chi connectivity index (χ0v) is 15.4. The van der Waals surface area contributed by atoms with Crippen LogP contribution in [0.5, 0.6) is 0 Å². The smallest absolute Gasteiger partial charge is 0.265 e. The summed E-state index contributed by atoms with van der Waals surface area (Å²) in [6.45, 7) is 0. The molecule has 0 atom stereocenters. The molecule has 3 heterocycles. The molecule has 0 saturated carbocycles. The van der Waals surface area contributed by atoms with Gasteiger partial charge in [-0.3, -0.25) is 14.9 Å². The molecule has 0 aliphatic rings. The summed E-state index contributed by atoms with van der Waals surface area (Å²) in [4.78, 5) is 34.9. The number of primary amides is 1. The number of hydrogen-bond acceptors (Lipinski definition) is 6. The minimum Gasteiger partial charge on any atom is -0.364 e. The van der Waals surface area contributed by atoms with Gasteiger partial charge in [0.15, 0.2) is 5.13 Å². The first-order valence-corrected chi connectivity index (χ1v) is 9.57. The summed E-state index contributed by atoms with van der Waals surface area (Å²) in [6, 6.07) is 9.43. The number of H-pyrrole nitrogens is 1. The molecule has 1 aromatic carbocycles. The fraction of sp³-hybridized carbons (Fsp3) is 0. The normalized spacial score (nSPS) is 11.3.